The zero-order valence-corrected chi connectivity index (χ0v) is 15.8. The lowest BCUT2D eigenvalue weighted by Crippen LogP contribution is -2.42. The number of nitrogens with zero attached hydrogens (tertiary/aromatic N) is 2. The zero-order valence-electron chi connectivity index (χ0n) is 14.2. The van der Waals surface area contributed by atoms with Crippen molar-refractivity contribution in [2.24, 2.45) is 0 Å². The average molecular weight is 392 g/mol. The van der Waals surface area contributed by atoms with E-state index in [2.05, 4.69) is 5.32 Å². The second-order valence-electron chi connectivity index (χ2n) is 5.78. The van der Waals surface area contributed by atoms with E-state index in [4.69, 9.17) is 11.6 Å². The van der Waals surface area contributed by atoms with Gasteiger partial charge in [0, 0.05) is 18.1 Å². The minimum absolute atomic E-state index is 0.118. The Bertz CT molecular complexity index is 1050. The molecule has 0 saturated carbocycles. The van der Waals surface area contributed by atoms with Crippen molar-refractivity contribution >= 4 is 39.1 Å². The van der Waals surface area contributed by atoms with Crippen molar-refractivity contribution in [2.75, 3.05) is 6.54 Å². The molecular weight excluding hydrogens is 374 g/mol. The van der Waals surface area contributed by atoms with Crippen LogP contribution >= 0.6 is 22.9 Å². The van der Waals surface area contributed by atoms with Gasteiger partial charge < -0.3 is 5.32 Å². The van der Waals surface area contributed by atoms with E-state index in [1.165, 1.54) is 15.9 Å². The number of aromatic nitrogens is 2. The monoisotopic (exact) mass is 391 g/mol. The van der Waals surface area contributed by atoms with Gasteiger partial charge in [-0.2, -0.15) is 0 Å². The molecule has 0 bridgehead atoms. The molecule has 0 saturated heterocycles. The van der Waals surface area contributed by atoms with Crippen LogP contribution in [0.4, 0.5) is 0 Å². The largest absolute Gasteiger partial charge is 0.354 e. The second kappa shape index (κ2) is 7.88. The Morgan fingerprint density at radius 2 is 1.88 bits per heavy atom. The molecule has 8 heteroatoms. The summed E-state index contributed by atoms with van der Waals surface area (Å²) in [5, 5.41) is 5.23. The SMILES string of the molecule is CCn1c(=O)c2sccc2n(CC(=O)NCCc2ccc(Cl)cc2)c1=O. The quantitative estimate of drug-likeness (QED) is 0.700. The van der Waals surface area contributed by atoms with Crippen molar-refractivity contribution in [1.29, 1.82) is 0 Å². The fourth-order valence-electron chi connectivity index (χ4n) is 2.76. The number of fused-ring (bicyclic) bond motifs is 1. The van der Waals surface area contributed by atoms with Crippen LogP contribution < -0.4 is 16.6 Å². The molecule has 0 aliphatic heterocycles. The summed E-state index contributed by atoms with van der Waals surface area (Å²) in [7, 11) is 0. The first-order chi connectivity index (χ1) is 12.5. The third-order valence-electron chi connectivity index (χ3n) is 4.10. The molecule has 0 atom stereocenters. The maximum Gasteiger partial charge on any atom is 0.331 e. The van der Waals surface area contributed by atoms with Gasteiger partial charge in [0.1, 0.15) is 11.2 Å². The Morgan fingerprint density at radius 1 is 1.15 bits per heavy atom. The Hall–Kier alpha value is -2.38. The predicted molar refractivity (Wildman–Crippen MR) is 104 cm³/mol. The van der Waals surface area contributed by atoms with Crippen molar-refractivity contribution in [2.45, 2.75) is 26.4 Å². The highest BCUT2D eigenvalue weighted by atomic mass is 35.5. The van der Waals surface area contributed by atoms with E-state index in [9.17, 15) is 14.4 Å². The highest BCUT2D eigenvalue weighted by Crippen LogP contribution is 2.15. The van der Waals surface area contributed by atoms with E-state index < -0.39 is 5.69 Å². The molecule has 0 spiro atoms. The molecule has 2 aromatic heterocycles. The normalized spacial score (nSPS) is 11.0. The Kier molecular flexibility index (Phi) is 5.58. The summed E-state index contributed by atoms with van der Waals surface area (Å²) in [6.07, 6.45) is 0.667. The molecule has 0 aliphatic rings. The van der Waals surface area contributed by atoms with Crippen LogP contribution in [0.15, 0.2) is 45.3 Å². The Balaban J connectivity index is 1.73. The molecule has 0 fully saturated rings. The van der Waals surface area contributed by atoms with Gasteiger partial charge in [0.05, 0.1) is 5.52 Å². The molecule has 2 heterocycles. The minimum atomic E-state index is -0.462. The summed E-state index contributed by atoms with van der Waals surface area (Å²) >= 11 is 7.12. The summed E-state index contributed by atoms with van der Waals surface area (Å²) in [6.45, 7) is 2.34. The van der Waals surface area contributed by atoms with Crippen LogP contribution in [0.1, 0.15) is 12.5 Å². The number of nitrogens with one attached hydrogen (secondary N) is 1. The summed E-state index contributed by atoms with van der Waals surface area (Å²) in [5.41, 5.74) is 0.798. The van der Waals surface area contributed by atoms with Crippen LogP contribution in [0, 0.1) is 0 Å². The Labute approximate surface area is 158 Å². The molecule has 26 heavy (non-hydrogen) atoms. The zero-order chi connectivity index (χ0) is 18.7. The maximum atomic E-state index is 12.5. The first-order valence-corrected chi connectivity index (χ1v) is 9.49. The van der Waals surface area contributed by atoms with E-state index in [0.29, 0.717) is 28.2 Å². The van der Waals surface area contributed by atoms with Gasteiger partial charge in [-0.25, -0.2) is 4.79 Å². The highest BCUT2D eigenvalue weighted by Gasteiger charge is 2.15. The molecule has 1 amide bonds. The lowest BCUT2D eigenvalue weighted by atomic mass is 10.1. The standard InChI is InChI=1S/C18H18ClN3O3S/c1-2-21-17(24)16-14(8-10-26-16)22(18(21)25)11-15(23)20-9-7-12-3-5-13(19)6-4-12/h3-6,8,10H,2,7,9,11H2,1H3,(H,20,23). The molecule has 1 N–H and O–H groups in total. The lowest BCUT2D eigenvalue weighted by Gasteiger charge is -2.11. The van der Waals surface area contributed by atoms with Crippen LogP contribution in [0.5, 0.6) is 0 Å². The van der Waals surface area contributed by atoms with E-state index in [1.54, 1.807) is 30.5 Å². The molecular formula is C18H18ClN3O3S. The van der Waals surface area contributed by atoms with Gasteiger partial charge in [-0.15, -0.1) is 11.3 Å². The van der Waals surface area contributed by atoms with Gasteiger partial charge in [0.25, 0.3) is 5.56 Å². The van der Waals surface area contributed by atoms with Crippen LogP contribution in [-0.2, 0) is 24.3 Å². The number of rotatable bonds is 6. The molecule has 3 rings (SSSR count). The summed E-state index contributed by atoms with van der Waals surface area (Å²) in [6, 6.07) is 9.12. The molecule has 0 aliphatic carbocycles. The molecule has 6 nitrogen and oxygen atoms in total. The number of halogens is 1. The number of carbonyl (C=O) groups excluding carboxylic acids is 1. The minimum Gasteiger partial charge on any atom is -0.354 e. The van der Waals surface area contributed by atoms with Crippen molar-refractivity contribution in [3.05, 3.63) is 67.1 Å². The average Bonchev–Trinajstić information content (AvgIpc) is 3.11. The number of thiophene rings is 1. The third kappa shape index (κ3) is 3.73. The molecule has 136 valence electrons. The number of carbonyl (C=O) groups is 1. The van der Waals surface area contributed by atoms with Crippen LogP contribution in [0.2, 0.25) is 5.02 Å². The number of hydrogen-bond acceptors (Lipinski definition) is 4. The van der Waals surface area contributed by atoms with Crippen LogP contribution in [0.25, 0.3) is 10.2 Å². The van der Waals surface area contributed by atoms with Crippen LogP contribution in [0.3, 0.4) is 0 Å². The van der Waals surface area contributed by atoms with Gasteiger partial charge in [-0.3, -0.25) is 18.7 Å². The Morgan fingerprint density at radius 3 is 2.58 bits per heavy atom. The summed E-state index contributed by atoms with van der Waals surface area (Å²) in [4.78, 5) is 37.1. The van der Waals surface area contributed by atoms with E-state index in [0.717, 1.165) is 10.1 Å². The highest BCUT2D eigenvalue weighted by molar-refractivity contribution is 7.17. The molecule has 0 unspecified atom stereocenters. The predicted octanol–water partition coefficient (Wildman–Crippen LogP) is 2.26. The molecule has 3 aromatic rings. The van der Waals surface area contributed by atoms with Crippen LogP contribution in [-0.4, -0.2) is 21.6 Å². The van der Waals surface area contributed by atoms with Crippen molar-refractivity contribution in [1.82, 2.24) is 14.5 Å². The molecule has 0 radical (unpaired) electrons. The summed E-state index contributed by atoms with van der Waals surface area (Å²) < 4.78 is 2.99. The van der Waals surface area contributed by atoms with E-state index in [-0.39, 0.29) is 24.6 Å². The van der Waals surface area contributed by atoms with Gasteiger partial charge in [-0.05, 0) is 42.5 Å². The van der Waals surface area contributed by atoms with Gasteiger partial charge in [-0.1, -0.05) is 23.7 Å². The van der Waals surface area contributed by atoms with Gasteiger partial charge in [0.15, 0.2) is 0 Å². The van der Waals surface area contributed by atoms with Gasteiger partial charge in [0.2, 0.25) is 5.91 Å². The fourth-order valence-corrected chi connectivity index (χ4v) is 3.73. The summed E-state index contributed by atoms with van der Waals surface area (Å²) in [5.74, 6) is -0.269. The van der Waals surface area contributed by atoms with E-state index in [1.807, 2.05) is 12.1 Å². The second-order valence-corrected chi connectivity index (χ2v) is 7.13. The fraction of sp³-hybridized carbons (Fsp3) is 0.278. The van der Waals surface area contributed by atoms with Gasteiger partial charge >= 0.3 is 5.69 Å². The topological polar surface area (TPSA) is 73.1 Å². The number of benzene rings is 1. The lowest BCUT2D eigenvalue weighted by molar-refractivity contribution is -0.121. The first-order valence-electron chi connectivity index (χ1n) is 8.23. The van der Waals surface area contributed by atoms with Crippen molar-refractivity contribution in [3.63, 3.8) is 0 Å². The number of hydrogen-bond donors (Lipinski definition) is 1. The van der Waals surface area contributed by atoms with Crippen molar-refractivity contribution in [3.8, 4) is 0 Å². The maximum absolute atomic E-state index is 12.5. The molecule has 1 aromatic carbocycles. The van der Waals surface area contributed by atoms with Crippen molar-refractivity contribution < 1.29 is 4.79 Å². The van der Waals surface area contributed by atoms with E-state index >= 15 is 0 Å². The third-order valence-corrected chi connectivity index (χ3v) is 5.25. The first kappa shape index (κ1) is 18.4. The number of amides is 1. The smallest absolute Gasteiger partial charge is 0.331 e.